The molecular weight excluding hydrogens is 418 g/mol. The van der Waals surface area contributed by atoms with Crippen molar-refractivity contribution in [3.8, 4) is 0 Å². The molecule has 1 aromatic carbocycles. The SMILES string of the molecule is CCCCN1C(=O)NC(c2cccc(NC(=O)CC(C)CC(C)(C)C)c2)C(C(=O)OC)=C1C. The molecule has 0 radical (unpaired) electrons. The zero-order chi connectivity index (χ0) is 24.8. The summed E-state index contributed by atoms with van der Waals surface area (Å²) in [7, 11) is 1.34. The number of nitrogens with zero attached hydrogens (tertiary/aromatic N) is 1. The molecule has 0 saturated carbocycles. The Kier molecular flexibility index (Phi) is 9.08. The van der Waals surface area contributed by atoms with E-state index in [2.05, 4.69) is 45.3 Å². The number of ether oxygens (including phenoxy) is 1. The number of benzene rings is 1. The number of anilines is 1. The topological polar surface area (TPSA) is 87.7 Å². The average Bonchev–Trinajstić information content (AvgIpc) is 2.71. The molecule has 0 fully saturated rings. The minimum absolute atomic E-state index is 0.0535. The largest absolute Gasteiger partial charge is 0.466 e. The molecular formula is C26H39N3O4. The number of amides is 3. The number of rotatable bonds is 9. The maximum absolute atomic E-state index is 12.8. The predicted octanol–water partition coefficient (Wildman–Crippen LogP) is 5.40. The maximum Gasteiger partial charge on any atom is 0.337 e. The lowest BCUT2D eigenvalue weighted by atomic mass is 9.84. The Bertz CT molecular complexity index is 901. The van der Waals surface area contributed by atoms with Crippen LogP contribution in [0.5, 0.6) is 0 Å². The molecule has 2 rings (SSSR count). The summed E-state index contributed by atoms with van der Waals surface area (Å²) < 4.78 is 5.03. The highest BCUT2D eigenvalue weighted by Crippen LogP contribution is 2.33. The quantitative estimate of drug-likeness (QED) is 0.486. The Hall–Kier alpha value is -2.83. The Labute approximate surface area is 197 Å². The number of allylic oxidation sites excluding steroid dienone is 1. The lowest BCUT2D eigenvalue weighted by molar-refractivity contribution is -0.136. The zero-order valence-electron chi connectivity index (χ0n) is 21.1. The number of hydrogen-bond acceptors (Lipinski definition) is 4. The summed E-state index contributed by atoms with van der Waals surface area (Å²) in [5.41, 5.74) is 2.49. The molecule has 0 aliphatic carbocycles. The molecule has 2 atom stereocenters. The van der Waals surface area contributed by atoms with Crippen molar-refractivity contribution in [2.45, 2.75) is 73.3 Å². The molecule has 0 aromatic heterocycles. The van der Waals surface area contributed by atoms with Gasteiger partial charge in [0.25, 0.3) is 0 Å². The predicted molar refractivity (Wildman–Crippen MR) is 131 cm³/mol. The van der Waals surface area contributed by atoms with Crippen LogP contribution in [0.3, 0.4) is 0 Å². The second-order valence-corrected chi connectivity index (χ2v) is 10.1. The fourth-order valence-electron chi connectivity index (χ4n) is 4.43. The van der Waals surface area contributed by atoms with Gasteiger partial charge in [-0.15, -0.1) is 0 Å². The van der Waals surface area contributed by atoms with Gasteiger partial charge in [-0.05, 0) is 48.8 Å². The highest BCUT2D eigenvalue weighted by molar-refractivity contribution is 5.95. The molecule has 0 bridgehead atoms. The number of methoxy groups -OCH3 is 1. The molecule has 7 nitrogen and oxygen atoms in total. The molecule has 1 aliphatic heterocycles. The fraction of sp³-hybridized carbons (Fsp3) is 0.577. The first kappa shape index (κ1) is 26.4. The summed E-state index contributed by atoms with van der Waals surface area (Å²) >= 11 is 0. The summed E-state index contributed by atoms with van der Waals surface area (Å²) in [4.78, 5) is 39.6. The van der Waals surface area contributed by atoms with E-state index in [1.807, 2.05) is 18.2 Å². The van der Waals surface area contributed by atoms with Gasteiger partial charge in [0.05, 0.1) is 18.7 Å². The van der Waals surface area contributed by atoms with Gasteiger partial charge in [0, 0.05) is 24.4 Å². The van der Waals surface area contributed by atoms with Crippen LogP contribution in [0.25, 0.3) is 0 Å². The van der Waals surface area contributed by atoms with Crippen molar-refractivity contribution in [3.05, 3.63) is 41.1 Å². The number of hydrogen-bond donors (Lipinski definition) is 2. The molecule has 7 heteroatoms. The Morgan fingerprint density at radius 3 is 2.58 bits per heavy atom. The summed E-state index contributed by atoms with van der Waals surface area (Å²) in [5, 5.41) is 5.90. The molecule has 1 aliphatic rings. The Morgan fingerprint density at radius 1 is 1.27 bits per heavy atom. The van der Waals surface area contributed by atoms with Gasteiger partial charge in [-0.3, -0.25) is 9.69 Å². The number of carbonyl (C=O) groups excluding carboxylic acids is 3. The van der Waals surface area contributed by atoms with E-state index in [0.717, 1.165) is 19.3 Å². The molecule has 2 N–H and O–H groups in total. The van der Waals surface area contributed by atoms with Crippen LogP contribution >= 0.6 is 0 Å². The van der Waals surface area contributed by atoms with Crippen molar-refractivity contribution in [2.24, 2.45) is 11.3 Å². The third kappa shape index (κ3) is 7.34. The Morgan fingerprint density at radius 2 is 1.97 bits per heavy atom. The number of urea groups is 1. The molecule has 1 aromatic rings. The third-order valence-electron chi connectivity index (χ3n) is 5.74. The van der Waals surface area contributed by atoms with E-state index in [9.17, 15) is 14.4 Å². The van der Waals surface area contributed by atoms with E-state index in [1.165, 1.54) is 7.11 Å². The average molecular weight is 458 g/mol. The monoisotopic (exact) mass is 457 g/mol. The third-order valence-corrected chi connectivity index (χ3v) is 5.74. The van der Waals surface area contributed by atoms with Gasteiger partial charge >= 0.3 is 12.0 Å². The second-order valence-electron chi connectivity index (χ2n) is 10.1. The smallest absolute Gasteiger partial charge is 0.337 e. The maximum atomic E-state index is 12.8. The van der Waals surface area contributed by atoms with E-state index in [4.69, 9.17) is 4.74 Å². The minimum atomic E-state index is -0.653. The molecule has 3 amide bonds. The summed E-state index contributed by atoms with van der Waals surface area (Å²) in [6.45, 7) is 12.9. The number of carbonyl (C=O) groups is 3. The van der Waals surface area contributed by atoms with Crippen LogP contribution < -0.4 is 10.6 Å². The molecule has 0 spiro atoms. The van der Waals surface area contributed by atoms with Gasteiger partial charge in [-0.25, -0.2) is 9.59 Å². The van der Waals surface area contributed by atoms with Crippen LogP contribution in [-0.4, -0.2) is 36.5 Å². The van der Waals surface area contributed by atoms with Crippen LogP contribution in [0, 0.1) is 11.3 Å². The van der Waals surface area contributed by atoms with Gasteiger partial charge < -0.3 is 15.4 Å². The van der Waals surface area contributed by atoms with Gasteiger partial charge in [0.15, 0.2) is 0 Å². The molecule has 1 heterocycles. The van der Waals surface area contributed by atoms with E-state index < -0.39 is 12.0 Å². The van der Waals surface area contributed by atoms with Crippen molar-refractivity contribution in [1.82, 2.24) is 10.2 Å². The fourth-order valence-corrected chi connectivity index (χ4v) is 4.43. The van der Waals surface area contributed by atoms with Gasteiger partial charge in [-0.1, -0.05) is 53.2 Å². The normalized spacial score (nSPS) is 17.5. The first-order valence-electron chi connectivity index (χ1n) is 11.7. The van der Waals surface area contributed by atoms with Crippen molar-refractivity contribution in [3.63, 3.8) is 0 Å². The highest BCUT2D eigenvalue weighted by Gasteiger charge is 2.36. The minimum Gasteiger partial charge on any atom is -0.466 e. The van der Waals surface area contributed by atoms with Crippen LogP contribution in [0.4, 0.5) is 10.5 Å². The second kappa shape index (κ2) is 11.3. The lowest BCUT2D eigenvalue weighted by Gasteiger charge is -2.35. The van der Waals surface area contributed by atoms with Gasteiger partial charge in [-0.2, -0.15) is 0 Å². The molecule has 2 unspecified atom stereocenters. The van der Waals surface area contributed by atoms with E-state index in [1.54, 1.807) is 17.9 Å². The van der Waals surface area contributed by atoms with Crippen molar-refractivity contribution in [2.75, 3.05) is 19.0 Å². The summed E-state index contributed by atoms with van der Waals surface area (Å²) in [6.07, 6.45) is 3.15. The zero-order valence-corrected chi connectivity index (χ0v) is 21.1. The van der Waals surface area contributed by atoms with Crippen LogP contribution in [0.2, 0.25) is 0 Å². The molecule has 33 heavy (non-hydrogen) atoms. The van der Waals surface area contributed by atoms with Crippen molar-refractivity contribution in [1.29, 1.82) is 0 Å². The van der Waals surface area contributed by atoms with Gasteiger partial charge in [0.1, 0.15) is 0 Å². The molecule has 182 valence electrons. The first-order chi connectivity index (χ1) is 15.5. The van der Waals surface area contributed by atoms with Crippen LogP contribution in [0.1, 0.15) is 78.8 Å². The van der Waals surface area contributed by atoms with Crippen LogP contribution in [0.15, 0.2) is 35.5 Å². The van der Waals surface area contributed by atoms with Crippen molar-refractivity contribution < 1.29 is 19.1 Å². The highest BCUT2D eigenvalue weighted by atomic mass is 16.5. The summed E-state index contributed by atoms with van der Waals surface area (Å²) in [5.74, 6) is -0.275. The number of nitrogens with one attached hydrogen (secondary N) is 2. The van der Waals surface area contributed by atoms with E-state index in [0.29, 0.717) is 35.5 Å². The van der Waals surface area contributed by atoms with Gasteiger partial charge in [0.2, 0.25) is 5.91 Å². The van der Waals surface area contributed by atoms with E-state index >= 15 is 0 Å². The summed E-state index contributed by atoms with van der Waals surface area (Å²) in [6, 6.07) is 6.35. The van der Waals surface area contributed by atoms with Crippen LogP contribution in [-0.2, 0) is 14.3 Å². The van der Waals surface area contributed by atoms with Crippen molar-refractivity contribution >= 4 is 23.6 Å². The Balaban J connectivity index is 2.26. The first-order valence-corrected chi connectivity index (χ1v) is 11.7. The standard InChI is InChI=1S/C26H39N3O4/c1-8-9-13-29-18(3)22(24(31)33-7)23(28-25(29)32)19-11-10-12-20(15-19)27-21(30)14-17(2)16-26(4,5)6/h10-12,15,17,23H,8-9,13-14,16H2,1-7H3,(H,27,30)(H,28,32). The number of esters is 1. The number of unbranched alkanes of at least 4 members (excludes halogenated alkanes) is 1. The molecule has 0 saturated heterocycles. The lowest BCUT2D eigenvalue weighted by Crippen LogP contribution is -2.48. The van der Waals surface area contributed by atoms with E-state index in [-0.39, 0.29) is 23.3 Å².